The summed E-state index contributed by atoms with van der Waals surface area (Å²) in [5, 5.41) is 0. The third-order valence-electron chi connectivity index (χ3n) is 3.60. The largest absolute Gasteiger partial charge is 0.250 e. The predicted molar refractivity (Wildman–Crippen MR) is 79.0 cm³/mol. The monoisotopic (exact) mass is 254 g/mol. The van der Waals surface area contributed by atoms with Crippen molar-refractivity contribution in [2.75, 3.05) is 13.3 Å². The second kappa shape index (κ2) is 4.52. The minimum Gasteiger partial charge on any atom is -0.250 e. The lowest BCUT2D eigenvalue weighted by Gasteiger charge is -2.44. The summed E-state index contributed by atoms with van der Waals surface area (Å²) in [7, 11) is 0. The molecule has 18 heavy (non-hydrogen) atoms. The lowest BCUT2D eigenvalue weighted by Crippen LogP contribution is -2.61. The summed E-state index contributed by atoms with van der Waals surface area (Å²) in [5.74, 6) is 0. The van der Waals surface area contributed by atoms with Crippen molar-refractivity contribution in [2.45, 2.75) is 78.9 Å². The fraction of sp³-hybridized carbons (Fsp3) is 0.933. The molecule has 106 valence electrons. The van der Waals surface area contributed by atoms with Gasteiger partial charge in [0.05, 0.1) is 11.1 Å². The molecule has 0 aromatic heterocycles. The van der Waals surface area contributed by atoms with Crippen molar-refractivity contribution in [1.29, 1.82) is 0 Å². The highest BCUT2D eigenvalue weighted by atomic mass is 15.5. The van der Waals surface area contributed by atoms with E-state index in [1.807, 2.05) is 0 Å². The third kappa shape index (κ3) is 3.71. The van der Waals surface area contributed by atoms with E-state index in [2.05, 4.69) is 83.0 Å². The van der Waals surface area contributed by atoms with Gasteiger partial charge in [-0.15, -0.1) is 0 Å². The number of rotatable bonds is 0. The molecule has 0 aromatic rings. The van der Waals surface area contributed by atoms with E-state index in [0.717, 1.165) is 13.3 Å². The Hall–Kier alpha value is -0.570. The highest BCUT2D eigenvalue weighted by molar-refractivity contribution is 5.51. The van der Waals surface area contributed by atoms with Crippen molar-refractivity contribution in [3.63, 3.8) is 0 Å². The number of nitrogens with zero attached hydrogens (tertiary/aromatic N) is 3. The van der Waals surface area contributed by atoms with Gasteiger partial charge in [-0.05, 0) is 62.3 Å². The van der Waals surface area contributed by atoms with Crippen LogP contribution >= 0.6 is 0 Å². The van der Waals surface area contributed by atoms with Crippen molar-refractivity contribution < 1.29 is 4.58 Å². The molecule has 1 aliphatic rings. The lowest BCUT2D eigenvalue weighted by molar-refractivity contribution is -0.624. The fourth-order valence-corrected chi connectivity index (χ4v) is 1.85. The van der Waals surface area contributed by atoms with E-state index in [9.17, 15) is 0 Å². The first-order valence-corrected chi connectivity index (χ1v) is 6.95. The van der Waals surface area contributed by atoms with E-state index in [1.165, 1.54) is 0 Å². The molecule has 0 saturated heterocycles. The molecule has 0 spiro atoms. The van der Waals surface area contributed by atoms with Crippen LogP contribution in [0.4, 0.5) is 0 Å². The average Bonchev–Trinajstić information content (AvgIpc) is 2.13. The van der Waals surface area contributed by atoms with E-state index < -0.39 is 0 Å². The second-order valence-corrected chi connectivity index (χ2v) is 8.39. The van der Waals surface area contributed by atoms with Gasteiger partial charge in [0.25, 0.3) is 0 Å². The molecule has 3 heteroatoms. The number of hydrogen-bond donors (Lipinski definition) is 0. The topological polar surface area (TPSA) is 9.49 Å². The summed E-state index contributed by atoms with van der Waals surface area (Å²) < 4.78 is 2.44. The Bertz CT molecular complexity index is 323. The van der Waals surface area contributed by atoms with Crippen LogP contribution in [0.15, 0.2) is 0 Å². The van der Waals surface area contributed by atoms with Gasteiger partial charge in [-0.25, -0.2) is 4.90 Å². The Morgan fingerprint density at radius 1 is 0.833 bits per heavy atom. The molecule has 0 unspecified atom stereocenters. The Morgan fingerprint density at radius 3 is 1.67 bits per heavy atom. The Labute approximate surface area is 113 Å². The standard InChI is InChI=1S/C15H32N3/c1-13(2,3)16-10-17(14(4,5)6)12-18(11-16)15(7,8)9/h10H,11-12H2,1-9H3/q+1. The minimum absolute atomic E-state index is 0.160. The molecule has 0 fully saturated rings. The normalized spacial score (nSPS) is 20.1. The molecule has 0 N–H and O–H groups in total. The summed E-state index contributed by atoms with van der Waals surface area (Å²) in [6.07, 6.45) is 2.31. The van der Waals surface area contributed by atoms with Gasteiger partial charge < -0.3 is 0 Å². The van der Waals surface area contributed by atoms with Crippen LogP contribution < -0.4 is 0 Å². The molecule has 0 bridgehead atoms. The van der Waals surface area contributed by atoms with E-state index in [-0.39, 0.29) is 16.6 Å². The van der Waals surface area contributed by atoms with Crippen LogP contribution in [0.25, 0.3) is 0 Å². The van der Waals surface area contributed by atoms with Crippen LogP contribution in [-0.2, 0) is 0 Å². The molecule has 3 nitrogen and oxygen atoms in total. The van der Waals surface area contributed by atoms with Gasteiger partial charge in [-0.3, -0.25) is 9.48 Å². The molecule has 1 heterocycles. The van der Waals surface area contributed by atoms with E-state index >= 15 is 0 Å². The third-order valence-corrected chi connectivity index (χ3v) is 3.60. The zero-order chi connectivity index (χ0) is 14.4. The second-order valence-electron chi connectivity index (χ2n) is 8.39. The molecular formula is C15H32N3+. The van der Waals surface area contributed by atoms with Crippen LogP contribution in [0, 0.1) is 0 Å². The first-order chi connectivity index (χ1) is 7.82. The zero-order valence-corrected chi connectivity index (χ0v) is 13.8. The van der Waals surface area contributed by atoms with Crippen molar-refractivity contribution in [1.82, 2.24) is 9.80 Å². The van der Waals surface area contributed by atoms with Crippen molar-refractivity contribution in [3.8, 4) is 0 Å². The summed E-state index contributed by atoms with van der Waals surface area (Å²) in [6.45, 7) is 22.5. The maximum atomic E-state index is 2.53. The van der Waals surface area contributed by atoms with Crippen molar-refractivity contribution in [2.24, 2.45) is 0 Å². The summed E-state index contributed by atoms with van der Waals surface area (Å²) in [6, 6.07) is 0. The summed E-state index contributed by atoms with van der Waals surface area (Å²) >= 11 is 0. The van der Waals surface area contributed by atoms with Gasteiger partial charge >= 0.3 is 0 Å². The highest BCUT2D eigenvalue weighted by Gasteiger charge is 2.38. The zero-order valence-electron chi connectivity index (χ0n) is 13.8. The molecule has 0 amide bonds. The molecule has 1 aliphatic heterocycles. The molecule has 1 rings (SSSR count). The molecule has 0 radical (unpaired) electrons. The Balaban J connectivity index is 3.08. The summed E-state index contributed by atoms with van der Waals surface area (Å²) in [4.78, 5) is 4.97. The van der Waals surface area contributed by atoms with Crippen molar-refractivity contribution >= 4 is 6.34 Å². The molecule has 0 aromatic carbocycles. The first kappa shape index (κ1) is 15.5. The van der Waals surface area contributed by atoms with Gasteiger partial charge in [-0.1, -0.05) is 0 Å². The molecule has 0 atom stereocenters. The van der Waals surface area contributed by atoms with Crippen LogP contribution in [0.5, 0.6) is 0 Å². The SMILES string of the molecule is CC(C)(C)N1C=[N+](C(C)(C)C)CN(C(C)(C)C)C1. The van der Waals surface area contributed by atoms with Gasteiger partial charge in [0.1, 0.15) is 13.3 Å². The maximum absolute atomic E-state index is 2.53. The first-order valence-electron chi connectivity index (χ1n) is 6.95. The van der Waals surface area contributed by atoms with Crippen molar-refractivity contribution in [3.05, 3.63) is 0 Å². The summed E-state index contributed by atoms with van der Waals surface area (Å²) in [5.41, 5.74) is 0.516. The number of hydrogen-bond acceptors (Lipinski definition) is 2. The maximum Gasteiger partial charge on any atom is 0.237 e. The Kier molecular flexibility index (Phi) is 3.89. The smallest absolute Gasteiger partial charge is 0.237 e. The lowest BCUT2D eigenvalue weighted by atomic mass is 10.0. The van der Waals surface area contributed by atoms with Gasteiger partial charge in [0, 0.05) is 5.54 Å². The molecule has 0 aliphatic carbocycles. The van der Waals surface area contributed by atoms with E-state index in [1.54, 1.807) is 0 Å². The van der Waals surface area contributed by atoms with Gasteiger partial charge in [0.2, 0.25) is 6.34 Å². The van der Waals surface area contributed by atoms with Gasteiger partial charge in [-0.2, -0.15) is 0 Å². The van der Waals surface area contributed by atoms with Crippen LogP contribution in [0.1, 0.15) is 62.3 Å². The van der Waals surface area contributed by atoms with E-state index in [0.29, 0.717) is 0 Å². The molecule has 0 saturated carbocycles. The minimum atomic E-state index is 0.160. The Morgan fingerprint density at radius 2 is 1.33 bits per heavy atom. The van der Waals surface area contributed by atoms with Crippen LogP contribution in [-0.4, -0.2) is 50.7 Å². The quantitative estimate of drug-likeness (QED) is 0.615. The fourth-order valence-electron chi connectivity index (χ4n) is 1.85. The predicted octanol–water partition coefficient (Wildman–Crippen LogP) is 2.96. The van der Waals surface area contributed by atoms with Crippen LogP contribution in [0.2, 0.25) is 0 Å². The van der Waals surface area contributed by atoms with E-state index in [4.69, 9.17) is 0 Å². The van der Waals surface area contributed by atoms with Crippen LogP contribution in [0.3, 0.4) is 0 Å². The molecular weight excluding hydrogens is 222 g/mol. The average molecular weight is 254 g/mol. The highest BCUT2D eigenvalue weighted by Crippen LogP contribution is 2.23. The van der Waals surface area contributed by atoms with Gasteiger partial charge in [0.15, 0.2) is 0 Å².